The highest BCUT2D eigenvalue weighted by molar-refractivity contribution is 5.78. The van der Waals surface area contributed by atoms with Crippen molar-refractivity contribution in [2.75, 3.05) is 19.6 Å². The number of hydrogen-bond donors (Lipinski definition) is 0. The zero-order chi connectivity index (χ0) is 17.2. The van der Waals surface area contributed by atoms with Crippen LogP contribution in [0.5, 0.6) is 0 Å². The second-order valence-corrected chi connectivity index (χ2v) is 7.59. The van der Waals surface area contributed by atoms with Gasteiger partial charge in [0.1, 0.15) is 5.65 Å². The molecule has 1 atom stereocenters. The first-order chi connectivity index (χ1) is 12.2. The Hall–Kier alpha value is -1.88. The van der Waals surface area contributed by atoms with Gasteiger partial charge in [-0.3, -0.25) is 9.69 Å². The molecular formula is C20H28N4O. The number of carbonyl (C=O) groups is 1. The fourth-order valence-electron chi connectivity index (χ4n) is 4.26. The topological polar surface area (TPSA) is 40.9 Å². The standard InChI is InChI=1S/C20H28N4O/c1-16-7-11-24-15-17(21-19(24)13-16)14-23-9-3-2-5-18(23)8-12-22-10-4-6-20(22)25/h7,11,13,15,18H,2-6,8-10,12,14H2,1H3. The second kappa shape index (κ2) is 7.16. The van der Waals surface area contributed by atoms with Gasteiger partial charge in [0.05, 0.1) is 5.69 Å². The van der Waals surface area contributed by atoms with Crippen molar-refractivity contribution in [2.24, 2.45) is 0 Å². The van der Waals surface area contributed by atoms with Gasteiger partial charge >= 0.3 is 0 Å². The molecule has 25 heavy (non-hydrogen) atoms. The molecule has 0 saturated carbocycles. The van der Waals surface area contributed by atoms with Crippen molar-refractivity contribution in [3.05, 3.63) is 35.8 Å². The number of piperidine rings is 1. The number of nitrogens with zero attached hydrogens (tertiary/aromatic N) is 4. The SMILES string of the molecule is Cc1ccn2cc(CN3CCCCC3CCN3CCCC3=O)nc2c1. The predicted molar refractivity (Wildman–Crippen MR) is 98.4 cm³/mol. The van der Waals surface area contributed by atoms with E-state index in [9.17, 15) is 4.79 Å². The lowest BCUT2D eigenvalue weighted by Gasteiger charge is -2.36. The van der Waals surface area contributed by atoms with E-state index in [1.54, 1.807) is 0 Å². The van der Waals surface area contributed by atoms with Crippen molar-refractivity contribution in [3.63, 3.8) is 0 Å². The maximum absolute atomic E-state index is 11.8. The van der Waals surface area contributed by atoms with E-state index in [1.807, 2.05) is 0 Å². The molecule has 4 heterocycles. The molecular weight excluding hydrogens is 312 g/mol. The normalized spacial score (nSPS) is 22.2. The fraction of sp³-hybridized carbons (Fsp3) is 0.600. The minimum Gasteiger partial charge on any atom is -0.343 e. The van der Waals surface area contributed by atoms with Crippen molar-refractivity contribution in [1.82, 2.24) is 19.2 Å². The van der Waals surface area contributed by atoms with Crippen LogP contribution >= 0.6 is 0 Å². The highest BCUT2D eigenvalue weighted by Crippen LogP contribution is 2.23. The largest absolute Gasteiger partial charge is 0.343 e. The number of fused-ring (bicyclic) bond motifs is 1. The number of imidazole rings is 1. The smallest absolute Gasteiger partial charge is 0.222 e. The Morgan fingerprint density at radius 2 is 2.16 bits per heavy atom. The molecule has 2 aliphatic rings. The lowest BCUT2D eigenvalue weighted by molar-refractivity contribution is -0.127. The Bertz CT molecular complexity index is 753. The number of aromatic nitrogens is 2. The number of rotatable bonds is 5. The van der Waals surface area contributed by atoms with Gasteiger partial charge in [-0.1, -0.05) is 6.42 Å². The van der Waals surface area contributed by atoms with Gasteiger partial charge in [-0.15, -0.1) is 0 Å². The van der Waals surface area contributed by atoms with Gasteiger partial charge in [0.2, 0.25) is 5.91 Å². The maximum Gasteiger partial charge on any atom is 0.222 e. The first kappa shape index (κ1) is 16.6. The number of amides is 1. The Kier molecular flexibility index (Phi) is 4.75. The van der Waals surface area contributed by atoms with Crippen molar-refractivity contribution >= 4 is 11.6 Å². The van der Waals surface area contributed by atoms with Gasteiger partial charge in [0.15, 0.2) is 0 Å². The van der Waals surface area contributed by atoms with Crippen LogP contribution in [-0.4, -0.2) is 50.8 Å². The van der Waals surface area contributed by atoms with E-state index in [0.717, 1.165) is 56.8 Å². The molecule has 2 aromatic rings. The Balaban J connectivity index is 1.42. The summed E-state index contributed by atoms with van der Waals surface area (Å²) in [7, 11) is 0. The zero-order valence-electron chi connectivity index (χ0n) is 15.2. The molecule has 0 bridgehead atoms. The van der Waals surface area contributed by atoms with Crippen LogP contribution in [-0.2, 0) is 11.3 Å². The van der Waals surface area contributed by atoms with E-state index >= 15 is 0 Å². The molecule has 5 nitrogen and oxygen atoms in total. The van der Waals surface area contributed by atoms with Gasteiger partial charge in [-0.25, -0.2) is 4.98 Å². The molecule has 1 unspecified atom stereocenters. The van der Waals surface area contributed by atoms with Crippen LogP contribution in [0.3, 0.4) is 0 Å². The molecule has 0 aromatic carbocycles. The third kappa shape index (κ3) is 3.71. The summed E-state index contributed by atoms with van der Waals surface area (Å²) >= 11 is 0. The summed E-state index contributed by atoms with van der Waals surface area (Å²) in [5, 5.41) is 0. The van der Waals surface area contributed by atoms with Crippen LogP contribution in [0.25, 0.3) is 5.65 Å². The Labute approximate surface area is 149 Å². The van der Waals surface area contributed by atoms with Gasteiger partial charge in [0, 0.05) is 44.5 Å². The molecule has 5 heteroatoms. The molecule has 4 rings (SSSR count). The van der Waals surface area contributed by atoms with Crippen LogP contribution in [0.4, 0.5) is 0 Å². The van der Waals surface area contributed by atoms with Crippen LogP contribution < -0.4 is 0 Å². The molecule has 0 spiro atoms. The molecule has 2 aliphatic heterocycles. The minimum absolute atomic E-state index is 0.345. The molecule has 2 fully saturated rings. The summed E-state index contributed by atoms with van der Waals surface area (Å²) in [5.41, 5.74) is 3.43. The van der Waals surface area contributed by atoms with E-state index < -0.39 is 0 Å². The van der Waals surface area contributed by atoms with E-state index in [2.05, 4.69) is 45.7 Å². The van der Waals surface area contributed by atoms with E-state index in [0.29, 0.717) is 11.9 Å². The number of carbonyl (C=O) groups excluding carboxylic acids is 1. The van der Waals surface area contributed by atoms with Gasteiger partial charge in [-0.2, -0.15) is 0 Å². The monoisotopic (exact) mass is 340 g/mol. The lowest BCUT2D eigenvalue weighted by Crippen LogP contribution is -2.41. The summed E-state index contributed by atoms with van der Waals surface area (Å²) in [6, 6.07) is 4.83. The maximum atomic E-state index is 11.8. The third-order valence-electron chi connectivity index (χ3n) is 5.68. The molecule has 2 aromatic heterocycles. The Morgan fingerprint density at radius 1 is 1.24 bits per heavy atom. The van der Waals surface area contributed by atoms with Crippen molar-refractivity contribution < 1.29 is 4.79 Å². The van der Waals surface area contributed by atoms with Crippen molar-refractivity contribution in [1.29, 1.82) is 0 Å². The molecule has 134 valence electrons. The molecule has 1 amide bonds. The average molecular weight is 340 g/mol. The third-order valence-corrected chi connectivity index (χ3v) is 5.68. The fourth-order valence-corrected chi connectivity index (χ4v) is 4.26. The van der Waals surface area contributed by atoms with E-state index in [-0.39, 0.29) is 0 Å². The summed E-state index contributed by atoms with van der Waals surface area (Å²) in [5.74, 6) is 0.345. The van der Waals surface area contributed by atoms with Crippen LogP contribution in [0, 0.1) is 6.92 Å². The van der Waals surface area contributed by atoms with Crippen LogP contribution in [0.1, 0.15) is 49.8 Å². The lowest BCUT2D eigenvalue weighted by atomic mass is 9.99. The second-order valence-electron chi connectivity index (χ2n) is 7.59. The molecule has 0 radical (unpaired) electrons. The number of aryl methyl sites for hydroxylation is 1. The van der Waals surface area contributed by atoms with Crippen LogP contribution in [0.15, 0.2) is 24.5 Å². The summed E-state index contributed by atoms with van der Waals surface area (Å²) in [4.78, 5) is 21.3. The van der Waals surface area contributed by atoms with Gasteiger partial charge in [-0.05, 0) is 56.8 Å². The Morgan fingerprint density at radius 3 is 3.00 bits per heavy atom. The van der Waals surface area contributed by atoms with Crippen molar-refractivity contribution in [3.8, 4) is 0 Å². The molecule has 0 aliphatic carbocycles. The van der Waals surface area contributed by atoms with Gasteiger partial charge in [0.25, 0.3) is 0 Å². The van der Waals surface area contributed by atoms with E-state index in [1.165, 1.54) is 24.8 Å². The quantitative estimate of drug-likeness (QED) is 0.840. The minimum atomic E-state index is 0.345. The predicted octanol–water partition coefficient (Wildman–Crippen LogP) is 3.01. The average Bonchev–Trinajstić information content (AvgIpc) is 3.19. The summed E-state index contributed by atoms with van der Waals surface area (Å²) in [6.07, 6.45) is 10.9. The molecule has 0 N–H and O–H groups in total. The zero-order valence-corrected chi connectivity index (χ0v) is 15.2. The molecule has 2 saturated heterocycles. The first-order valence-electron chi connectivity index (χ1n) is 9.65. The first-order valence-corrected chi connectivity index (χ1v) is 9.65. The van der Waals surface area contributed by atoms with Crippen molar-refractivity contribution in [2.45, 2.75) is 58.0 Å². The highest BCUT2D eigenvalue weighted by Gasteiger charge is 2.26. The van der Waals surface area contributed by atoms with E-state index in [4.69, 9.17) is 4.98 Å². The summed E-state index contributed by atoms with van der Waals surface area (Å²) < 4.78 is 2.12. The summed E-state index contributed by atoms with van der Waals surface area (Å²) in [6.45, 7) is 6.04. The highest BCUT2D eigenvalue weighted by atomic mass is 16.2. The number of pyridine rings is 1. The number of hydrogen-bond acceptors (Lipinski definition) is 3. The number of likely N-dealkylation sites (tertiary alicyclic amines) is 2. The van der Waals surface area contributed by atoms with Crippen LogP contribution in [0.2, 0.25) is 0 Å². The van der Waals surface area contributed by atoms with Gasteiger partial charge < -0.3 is 9.30 Å².